The molecule has 0 spiro atoms. The van der Waals surface area contributed by atoms with Crippen molar-refractivity contribution in [2.24, 2.45) is 0 Å². The van der Waals surface area contributed by atoms with Crippen molar-refractivity contribution in [1.29, 1.82) is 5.26 Å². The molecule has 21 heavy (non-hydrogen) atoms. The molecule has 0 amide bonds. The number of alkyl halides is 2. The Kier molecular flexibility index (Phi) is 6.57. The predicted octanol–water partition coefficient (Wildman–Crippen LogP) is 3.99. The van der Waals surface area contributed by atoms with Crippen LogP contribution in [0.2, 0.25) is 0 Å². The third-order valence-corrected chi connectivity index (χ3v) is 3.44. The van der Waals surface area contributed by atoms with Crippen LogP contribution >= 0.6 is 0 Å². The number of rotatable bonds is 3. The Morgan fingerprint density at radius 2 is 1.86 bits per heavy atom. The summed E-state index contributed by atoms with van der Waals surface area (Å²) in [5, 5.41) is 15.9. The molecule has 0 unspecified atom stereocenters. The lowest BCUT2D eigenvalue weighted by atomic mass is 9.97. The summed E-state index contributed by atoms with van der Waals surface area (Å²) in [6.45, 7) is 0.799. The molecule has 2 rings (SSSR count). The number of nitrogens with zero attached hydrogens (tertiary/aromatic N) is 1. The minimum Gasteiger partial charge on any atom is -0.490 e. The molecule has 1 fully saturated rings. The summed E-state index contributed by atoms with van der Waals surface area (Å²) in [5.41, 5.74) is -0.258. The van der Waals surface area contributed by atoms with Gasteiger partial charge >= 0.3 is 0 Å². The van der Waals surface area contributed by atoms with Crippen molar-refractivity contribution in [3.63, 3.8) is 0 Å². The van der Waals surface area contributed by atoms with Crippen molar-refractivity contribution in [2.45, 2.75) is 51.1 Å². The van der Waals surface area contributed by atoms with Gasteiger partial charge in [0.05, 0.1) is 17.7 Å². The Bertz CT molecular complexity index is 486. The molecule has 1 aliphatic rings. The zero-order chi connectivity index (χ0) is 15.9. The monoisotopic (exact) mass is 297 g/mol. The highest BCUT2D eigenvalue weighted by Crippen LogP contribution is 2.33. The number of nitriles is 1. The Balaban J connectivity index is 0.00000106. The predicted molar refractivity (Wildman–Crippen MR) is 76.4 cm³/mol. The van der Waals surface area contributed by atoms with E-state index in [-0.39, 0.29) is 17.2 Å². The Morgan fingerprint density at radius 1 is 1.24 bits per heavy atom. The molecule has 0 bridgehead atoms. The van der Waals surface area contributed by atoms with Gasteiger partial charge in [0.2, 0.25) is 0 Å². The summed E-state index contributed by atoms with van der Waals surface area (Å²) in [5.74, 6) is -2.60. The van der Waals surface area contributed by atoms with E-state index in [4.69, 9.17) is 15.1 Å². The van der Waals surface area contributed by atoms with Gasteiger partial charge in [-0.15, -0.1) is 0 Å². The molecule has 1 aromatic carbocycles. The summed E-state index contributed by atoms with van der Waals surface area (Å²) in [7, 11) is 1.00. The van der Waals surface area contributed by atoms with Crippen LogP contribution in [0.15, 0.2) is 18.2 Å². The summed E-state index contributed by atoms with van der Waals surface area (Å²) in [4.78, 5) is 0. The van der Waals surface area contributed by atoms with E-state index >= 15 is 0 Å². The van der Waals surface area contributed by atoms with Gasteiger partial charge in [-0.3, -0.25) is 0 Å². The van der Waals surface area contributed by atoms with Gasteiger partial charge in [0.25, 0.3) is 5.92 Å². The molecule has 0 saturated heterocycles. The third kappa shape index (κ3) is 4.98. The second-order valence-electron chi connectivity index (χ2n) is 5.09. The minimum atomic E-state index is -3.03. The molecular weight excluding hydrogens is 276 g/mol. The Hall–Kier alpha value is -1.67. The van der Waals surface area contributed by atoms with Crippen molar-refractivity contribution in [3.05, 3.63) is 29.3 Å². The average Bonchev–Trinajstić information content (AvgIpc) is 2.49. The molecule has 1 N–H and O–H groups in total. The minimum absolute atomic E-state index is 0.00324. The van der Waals surface area contributed by atoms with E-state index in [2.05, 4.69) is 0 Å². The Labute approximate surface area is 124 Å². The largest absolute Gasteiger partial charge is 0.490 e. The van der Waals surface area contributed by atoms with Crippen molar-refractivity contribution in [3.8, 4) is 11.8 Å². The first-order valence-corrected chi connectivity index (χ1v) is 7.04. The fourth-order valence-electron chi connectivity index (χ4n) is 2.43. The van der Waals surface area contributed by atoms with Gasteiger partial charge in [0, 0.05) is 19.6 Å². The molecule has 0 atom stereocenters. The maximum Gasteiger partial charge on any atom is 0.271 e. The standard InChI is InChI=1S/C15H17F2NO.CH4O/c1-15(16,17)14-9-13(8-7-11(14)10-18)19-12-5-3-2-4-6-12;1-2/h7-9,12H,2-6H2,1H3;2H,1H3. The van der Waals surface area contributed by atoms with Crippen molar-refractivity contribution in [2.75, 3.05) is 7.11 Å². The molecule has 1 aliphatic carbocycles. The van der Waals surface area contributed by atoms with Crippen LogP contribution in [0, 0.1) is 11.3 Å². The highest BCUT2D eigenvalue weighted by molar-refractivity contribution is 5.44. The van der Waals surface area contributed by atoms with Crippen LogP contribution in [0.1, 0.15) is 50.2 Å². The molecular formula is C16H21F2NO2. The summed E-state index contributed by atoms with van der Waals surface area (Å²) >= 11 is 0. The van der Waals surface area contributed by atoms with E-state index in [9.17, 15) is 8.78 Å². The molecule has 3 nitrogen and oxygen atoms in total. The van der Waals surface area contributed by atoms with E-state index < -0.39 is 5.92 Å². The van der Waals surface area contributed by atoms with E-state index in [1.807, 2.05) is 0 Å². The maximum atomic E-state index is 13.5. The van der Waals surface area contributed by atoms with Crippen molar-refractivity contribution in [1.82, 2.24) is 0 Å². The maximum absolute atomic E-state index is 13.5. The second-order valence-corrected chi connectivity index (χ2v) is 5.09. The number of aliphatic hydroxyl groups excluding tert-OH is 1. The number of halogens is 2. The number of hydrogen-bond acceptors (Lipinski definition) is 3. The molecule has 0 heterocycles. The van der Waals surface area contributed by atoms with Crippen LogP contribution in [-0.2, 0) is 5.92 Å². The molecule has 5 heteroatoms. The first-order chi connectivity index (χ1) is 10.0. The van der Waals surface area contributed by atoms with E-state index in [1.54, 1.807) is 12.1 Å². The molecule has 0 radical (unpaired) electrons. The van der Waals surface area contributed by atoms with E-state index in [0.717, 1.165) is 39.7 Å². The quantitative estimate of drug-likeness (QED) is 0.917. The number of benzene rings is 1. The zero-order valence-electron chi connectivity index (χ0n) is 12.4. The second kappa shape index (κ2) is 7.94. The number of hydrogen-bond donors (Lipinski definition) is 1. The lowest BCUT2D eigenvalue weighted by molar-refractivity contribution is 0.0167. The first-order valence-electron chi connectivity index (χ1n) is 7.04. The van der Waals surface area contributed by atoms with Gasteiger partial charge in [-0.05, 0) is 43.9 Å². The van der Waals surface area contributed by atoms with Crippen LogP contribution in [0.3, 0.4) is 0 Å². The summed E-state index contributed by atoms with van der Waals surface area (Å²) in [6.07, 6.45) is 5.51. The van der Waals surface area contributed by atoms with Crippen LogP contribution in [0.25, 0.3) is 0 Å². The lowest BCUT2D eigenvalue weighted by Gasteiger charge is -2.23. The van der Waals surface area contributed by atoms with Crippen molar-refractivity contribution >= 4 is 0 Å². The highest BCUT2D eigenvalue weighted by atomic mass is 19.3. The molecule has 116 valence electrons. The Morgan fingerprint density at radius 3 is 2.38 bits per heavy atom. The number of ether oxygens (including phenoxy) is 1. The summed E-state index contributed by atoms with van der Waals surface area (Å²) < 4.78 is 32.7. The average molecular weight is 297 g/mol. The first kappa shape index (κ1) is 17.4. The molecule has 1 aromatic rings. The molecule has 1 saturated carbocycles. The summed E-state index contributed by atoms with van der Waals surface area (Å²) in [6, 6.07) is 6.10. The molecule has 0 aromatic heterocycles. The van der Waals surface area contributed by atoms with Gasteiger partial charge in [-0.2, -0.15) is 5.26 Å². The van der Waals surface area contributed by atoms with Crippen molar-refractivity contribution < 1.29 is 18.6 Å². The fourth-order valence-corrected chi connectivity index (χ4v) is 2.43. The molecule has 0 aliphatic heterocycles. The van der Waals surface area contributed by atoms with Gasteiger partial charge in [0.15, 0.2) is 0 Å². The topological polar surface area (TPSA) is 53.2 Å². The fraction of sp³-hybridized carbons (Fsp3) is 0.562. The van der Waals surface area contributed by atoms with Gasteiger partial charge < -0.3 is 9.84 Å². The van der Waals surface area contributed by atoms with E-state index in [1.165, 1.54) is 18.6 Å². The van der Waals surface area contributed by atoms with Crippen LogP contribution < -0.4 is 4.74 Å². The highest BCUT2D eigenvalue weighted by Gasteiger charge is 2.28. The van der Waals surface area contributed by atoms with E-state index in [0.29, 0.717) is 5.75 Å². The zero-order valence-corrected chi connectivity index (χ0v) is 12.4. The van der Waals surface area contributed by atoms with Gasteiger partial charge in [0.1, 0.15) is 5.75 Å². The normalized spacial score (nSPS) is 15.6. The van der Waals surface area contributed by atoms with Gasteiger partial charge in [-0.1, -0.05) is 6.42 Å². The van der Waals surface area contributed by atoms with Crippen LogP contribution in [-0.4, -0.2) is 18.3 Å². The van der Waals surface area contributed by atoms with Crippen LogP contribution in [0.4, 0.5) is 8.78 Å². The smallest absolute Gasteiger partial charge is 0.271 e. The SMILES string of the molecule is CC(F)(F)c1cc(OC2CCCCC2)ccc1C#N.CO. The lowest BCUT2D eigenvalue weighted by Crippen LogP contribution is -2.20. The van der Waals surface area contributed by atoms with Crippen LogP contribution in [0.5, 0.6) is 5.75 Å². The van der Waals surface area contributed by atoms with Gasteiger partial charge in [-0.25, -0.2) is 8.78 Å². The number of aliphatic hydroxyl groups is 1. The third-order valence-electron chi connectivity index (χ3n) is 3.44.